The van der Waals surface area contributed by atoms with Crippen molar-refractivity contribution in [2.24, 2.45) is 0 Å². The quantitative estimate of drug-likeness (QED) is 0.261. The molecule has 4 aromatic carbocycles. The maximum atomic E-state index is 4.81. The molecule has 0 aliphatic carbocycles. The molecule has 0 saturated carbocycles. The van der Waals surface area contributed by atoms with Crippen LogP contribution in [0.3, 0.4) is 0 Å². The van der Waals surface area contributed by atoms with E-state index in [9.17, 15) is 0 Å². The Hall–Kier alpha value is -4.56. The molecule has 0 spiro atoms. The predicted molar refractivity (Wildman–Crippen MR) is 145 cm³/mol. The van der Waals surface area contributed by atoms with E-state index in [4.69, 9.17) is 4.98 Å². The number of pyridine rings is 2. The standard InChI is InChI=1S/C32H22N2/c1-2-6-27-19-23(11-14-26(27)5-1)9-10-24-13-18-32-29(20-24)15-17-30(34-32)16-12-25-21-28-7-3-4-8-31(28)33-22-25/h1-22H. The van der Waals surface area contributed by atoms with Crippen LogP contribution in [0.2, 0.25) is 0 Å². The molecule has 6 rings (SSSR count). The fourth-order valence-corrected chi connectivity index (χ4v) is 4.22. The van der Waals surface area contributed by atoms with Crippen molar-refractivity contribution >= 4 is 56.9 Å². The number of aromatic nitrogens is 2. The van der Waals surface area contributed by atoms with Crippen LogP contribution in [0, 0.1) is 0 Å². The molecule has 0 aliphatic rings. The second-order valence-corrected chi connectivity index (χ2v) is 8.42. The highest BCUT2D eigenvalue weighted by Gasteiger charge is 1.99. The minimum absolute atomic E-state index is 0.931. The molecule has 2 heteroatoms. The SMILES string of the molecule is C(=Cc1ccc2nc(C=Cc3cnc4ccccc4c3)ccc2c1)c1ccc2ccccc2c1. The van der Waals surface area contributed by atoms with E-state index in [0.29, 0.717) is 0 Å². The Kier molecular flexibility index (Phi) is 5.17. The zero-order chi connectivity index (χ0) is 22.7. The van der Waals surface area contributed by atoms with E-state index in [1.165, 1.54) is 16.3 Å². The molecule has 0 fully saturated rings. The number of benzene rings is 4. The molecule has 0 amide bonds. The third-order valence-electron chi connectivity index (χ3n) is 6.03. The van der Waals surface area contributed by atoms with Gasteiger partial charge in [0.05, 0.1) is 16.7 Å². The number of hydrogen-bond donors (Lipinski definition) is 0. The third-order valence-corrected chi connectivity index (χ3v) is 6.03. The highest BCUT2D eigenvalue weighted by molar-refractivity contribution is 5.88. The first kappa shape index (κ1) is 20.1. The fraction of sp³-hybridized carbons (Fsp3) is 0. The van der Waals surface area contributed by atoms with Crippen LogP contribution in [-0.2, 0) is 0 Å². The maximum absolute atomic E-state index is 4.81. The van der Waals surface area contributed by atoms with Crippen molar-refractivity contribution < 1.29 is 0 Å². The van der Waals surface area contributed by atoms with Crippen LogP contribution in [0.5, 0.6) is 0 Å². The molecular weight excluding hydrogens is 412 g/mol. The first-order valence-corrected chi connectivity index (χ1v) is 11.4. The van der Waals surface area contributed by atoms with Gasteiger partial charge >= 0.3 is 0 Å². The molecule has 0 bridgehead atoms. The lowest BCUT2D eigenvalue weighted by Gasteiger charge is -2.02. The van der Waals surface area contributed by atoms with E-state index in [0.717, 1.165) is 38.6 Å². The molecular formula is C32H22N2. The van der Waals surface area contributed by atoms with E-state index in [2.05, 4.69) is 108 Å². The van der Waals surface area contributed by atoms with E-state index < -0.39 is 0 Å². The van der Waals surface area contributed by atoms with Gasteiger partial charge in [-0.05, 0) is 69.9 Å². The first-order valence-electron chi connectivity index (χ1n) is 11.4. The Morgan fingerprint density at radius 1 is 0.441 bits per heavy atom. The Balaban J connectivity index is 1.22. The Morgan fingerprint density at radius 3 is 1.94 bits per heavy atom. The lowest BCUT2D eigenvalue weighted by Crippen LogP contribution is -1.85. The summed E-state index contributed by atoms with van der Waals surface area (Å²) in [5.41, 5.74) is 6.35. The van der Waals surface area contributed by atoms with Gasteiger partial charge in [-0.1, -0.05) is 85.0 Å². The van der Waals surface area contributed by atoms with E-state index >= 15 is 0 Å². The number of rotatable bonds is 4. The number of hydrogen-bond acceptors (Lipinski definition) is 2. The lowest BCUT2D eigenvalue weighted by atomic mass is 10.1. The molecule has 0 aliphatic heterocycles. The van der Waals surface area contributed by atoms with Crippen molar-refractivity contribution in [1.82, 2.24) is 9.97 Å². The first-order chi connectivity index (χ1) is 16.8. The maximum Gasteiger partial charge on any atom is 0.0709 e. The van der Waals surface area contributed by atoms with Gasteiger partial charge in [0, 0.05) is 17.0 Å². The predicted octanol–water partition coefficient (Wildman–Crippen LogP) is 8.28. The van der Waals surface area contributed by atoms with Gasteiger partial charge in [0.25, 0.3) is 0 Å². The van der Waals surface area contributed by atoms with E-state index in [1.54, 1.807) is 0 Å². The Morgan fingerprint density at radius 2 is 1.06 bits per heavy atom. The summed E-state index contributed by atoms with van der Waals surface area (Å²) in [6, 6.07) is 35.9. The van der Waals surface area contributed by atoms with Gasteiger partial charge in [0.15, 0.2) is 0 Å². The molecule has 0 atom stereocenters. The van der Waals surface area contributed by atoms with Gasteiger partial charge in [-0.2, -0.15) is 0 Å². The van der Waals surface area contributed by atoms with Gasteiger partial charge in [-0.3, -0.25) is 4.98 Å². The molecule has 0 radical (unpaired) electrons. The van der Waals surface area contributed by atoms with E-state index in [-0.39, 0.29) is 0 Å². The summed E-state index contributed by atoms with van der Waals surface area (Å²) in [5.74, 6) is 0. The van der Waals surface area contributed by atoms with Crippen LogP contribution in [-0.4, -0.2) is 9.97 Å². The Labute approximate surface area is 198 Å². The molecule has 0 N–H and O–H groups in total. The summed E-state index contributed by atoms with van der Waals surface area (Å²) in [6.45, 7) is 0. The van der Waals surface area contributed by atoms with Crippen LogP contribution in [0.4, 0.5) is 0 Å². The molecule has 2 nitrogen and oxygen atoms in total. The molecule has 2 aromatic heterocycles. The third kappa shape index (κ3) is 4.22. The molecule has 0 unspecified atom stereocenters. The van der Waals surface area contributed by atoms with Gasteiger partial charge in [-0.25, -0.2) is 4.98 Å². The summed E-state index contributed by atoms with van der Waals surface area (Å²) in [4.78, 5) is 9.34. The normalized spacial score (nSPS) is 11.9. The molecule has 34 heavy (non-hydrogen) atoms. The summed E-state index contributed by atoms with van der Waals surface area (Å²) in [5, 5.41) is 4.79. The fourth-order valence-electron chi connectivity index (χ4n) is 4.22. The second-order valence-electron chi connectivity index (χ2n) is 8.42. The average Bonchev–Trinajstić information content (AvgIpc) is 2.90. The van der Waals surface area contributed by atoms with Crippen molar-refractivity contribution in [2.75, 3.05) is 0 Å². The molecule has 6 aromatic rings. The number of nitrogens with zero attached hydrogens (tertiary/aromatic N) is 2. The van der Waals surface area contributed by atoms with Crippen molar-refractivity contribution in [3.8, 4) is 0 Å². The number of fused-ring (bicyclic) bond motifs is 3. The summed E-state index contributed by atoms with van der Waals surface area (Å²) in [6.07, 6.45) is 10.3. The van der Waals surface area contributed by atoms with Gasteiger partial charge in [0.1, 0.15) is 0 Å². The van der Waals surface area contributed by atoms with Crippen molar-refractivity contribution in [2.45, 2.75) is 0 Å². The Bertz CT molecular complexity index is 1580. The van der Waals surface area contributed by atoms with Gasteiger partial charge < -0.3 is 0 Å². The lowest BCUT2D eigenvalue weighted by molar-refractivity contribution is 1.37. The second kappa shape index (κ2) is 8.76. The van der Waals surface area contributed by atoms with E-state index in [1.807, 2.05) is 30.5 Å². The zero-order valence-corrected chi connectivity index (χ0v) is 18.6. The largest absolute Gasteiger partial charge is 0.256 e. The van der Waals surface area contributed by atoms with Crippen LogP contribution in [0.25, 0.3) is 56.9 Å². The van der Waals surface area contributed by atoms with Crippen LogP contribution in [0.15, 0.2) is 109 Å². The summed E-state index contributed by atoms with van der Waals surface area (Å²) < 4.78 is 0. The van der Waals surface area contributed by atoms with Gasteiger partial charge in [-0.15, -0.1) is 0 Å². The van der Waals surface area contributed by atoms with Crippen LogP contribution in [0.1, 0.15) is 22.4 Å². The molecule has 160 valence electrons. The van der Waals surface area contributed by atoms with Crippen molar-refractivity contribution in [3.63, 3.8) is 0 Å². The summed E-state index contributed by atoms with van der Waals surface area (Å²) >= 11 is 0. The average molecular weight is 435 g/mol. The molecule has 0 saturated heterocycles. The minimum atomic E-state index is 0.931. The summed E-state index contributed by atoms with van der Waals surface area (Å²) in [7, 11) is 0. The number of para-hydroxylation sites is 1. The highest BCUT2D eigenvalue weighted by Crippen LogP contribution is 2.21. The molecule has 2 heterocycles. The monoisotopic (exact) mass is 434 g/mol. The smallest absolute Gasteiger partial charge is 0.0709 e. The zero-order valence-electron chi connectivity index (χ0n) is 18.6. The topological polar surface area (TPSA) is 25.8 Å². The minimum Gasteiger partial charge on any atom is -0.256 e. The highest BCUT2D eigenvalue weighted by atomic mass is 14.7. The van der Waals surface area contributed by atoms with Crippen molar-refractivity contribution in [3.05, 3.63) is 132 Å². The van der Waals surface area contributed by atoms with Gasteiger partial charge in [0.2, 0.25) is 0 Å². The van der Waals surface area contributed by atoms with Crippen molar-refractivity contribution in [1.29, 1.82) is 0 Å². The van der Waals surface area contributed by atoms with Crippen LogP contribution < -0.4 is 0 Å². The van der Waals surface area contributed by atoms with Crippen LogP contribution >= 0.6 is 0 Å².